The number of imide groups is 2. The van der Waals surface area contributed by atoms with Crippen molar-refractivity contribution in [2.75, 3.05) is 4.90 Å². The van der Waals surface area contributed by atoms with Gasteiger partial charge in [0.15, 0.2) is 0 Å². The largest absolute Gasteiger partial charge is 0.490 e. The van der Waals surface area contributed by atoms with Gasteiger partial charge in [0, 0.05) is 11.4 Å². The monoisotopic (exact) mass is 396 g/mol. The maximum atomic E-state index is 13.0. The van der Waals surface area contributed by atoms with Crippen molar-refractivity contribution in [1.82, 2.24) is 5.32 Å². The van der Waals surface area contributed by atoms with Gasteiger partial charge in [0.1, 0.15) is 17.4 Å². The van der Waals surface area contributed by atoms with Crippen LogP contribution in [0.15, 0.2) is 42.0 Å². The van der Waals surface area contributed by atoms with E-state index in [4.69, 9.17) is 16.3 Å². The second kappa shape index (κ2) is 6.80. The Balaban J connectivity index is 1.73. The number of anilines is 1. The van der Waals surface area contributed by atoms with Crippen molar-refractivity contribution in [3.8, 4) is 5.75 Å². The molecule has 0 spiro atoms. The average Bonchev–Trinajstić information content (AvgIpc) is 3.00. The van der Waals surface area contributed by atoms with E-state index in [2.05, 4.69) is 5.32 Å². The van der Waals surface area contributed by atoms with E-state index in [0.717, 1.165) is 22.6 Å². The van der Waals surface area contributed by atoms with Gasteiger partial charge in [0.25, 0.3) is 11.8 Å². The first-order valence-electron chi connectivity index (χ1n) is 8.80. The van der Waals surface area contributed by atoms with Crippen LogP contribution in [0, 0.1) is 6.92 Å². The predicted molar refractivity (Wildman–Crippen MR) is 105 cm³/mol. The van der Waals surface area contributed by atoms with E-state index in [1.54, 1.807) is 25.1 Å². The summed E-state index contributed by atoms with van der Waals surface area (Å²) in [5.74, 6) is -0.610. The van der Waals surface area contributed by atoms with E-state index < -0.39 is 17.8 Å². The van der Waals surface area contributed by atoms with Crippen molar-refractivity contribution in [3.05, 3.63) is 63.7 Å². The molecule has 2 aromatic rings. The van der Waals surface area contributed by atoms with Gasteiger partial charge in [-0.15, -0.1) is 0 Å². The molecule has 0 aromatic heterocycles. The Morgan fingerprint density at radius 3 is 2.75 bits per heavy atom. The van der Waals surface area contributed by atoms with Gasteiger partial charge in [0.05, 0.1) is 5.69 Å². The number of ether oxygens (including phenoxy) is 1. The van der Waals surface area contributed by atoms with Gasteiger partial charge in [-0.25, -0.2) is 9.69 Å². The Hall–Kier alpha value is -3.12. The Kier molecular flexibility index (Phi) is 4.43. The fourth-order valence-corrected chi connectivity index (χ4v) is 3.56. The van der Waals surface area contributed by atoms with Gasteiger partial charge in [-0.1, -0.05) is 23.7 Å². The van der Waals surface area contributed by atoms with Crippen LogP contribution in [0.5, 0.6) is 5.75 Å². The summed E-state index contributed by atoms with van der Waals surface area (Å²) in [6, 6.07) is 9.58. The average molecular weight is 397 g/mol. The third-order valence-electron chi connectivity index (χ3n) is 4.74. The van der Waals surface area contributed by atoms with Crippen molar-refractivity contribution in [2.45, 2.75) is 26.4 Å². The van der Waals surface area contributed by atoms with Crippen LogP contribution in [0.1, 0.15) is 23.6 Å². The van der Waals surface area contributed by atoms with Crippen LogP contribution in [0.2, 0.25) is 5.02 Å². The number of rotatable bonds is 2. The van der Waals surface area contributed by atoms with Crippen molar-refractivity contribution in [2.24, 2.45) is 0 Å². The molecule has 1 saturated heterocycles. The van der Waals surface area contributed by atoms with Crippen LogP contribution in [-0.2, 0) is 16.0 Å². The zero-order chi connectivity index (χ0) is 20.0. The van der Waals surface area contributed by atoms with Crippen molar-refractivity contribution in [3.63, 3.8) is 0 Å². The van der Waals surface area contributed by atoms with Crippen molar-refractivity contribution < 1.29 is 19.1 Å². The molecule has 2 aliphatic heterocycles. The molecule has 28 heavy (non-hydrogen) atoms. The summed E-state index contributed by atoms with van der Waals surface area (Å²) >= 11 is 6.03. The molecule has 0 bridgehead atoms. The van der Waals surface area contributed by atoms with E-state index in [1.165, 1.54) is 12.1 Å². The number of halogens is 1. The maximum Gasteiger partial charge on any atom is 0.335 e. The second-order valence-corrected chi connectivity index (χ2v) is 7.32. The summed E-state index contributed by atoms with van der Waals surface area (Å²) < 4.78 is 5.68. The number of carbonyl (C=O) groups excluding carboxylic acids is 3. The normalized spacial score (nSPS) is 20.2. The lowest BCUT2D eigenvalue weighted by Crippen LogP contribution is -2.54. The fourth-order valence-electron chi connectivity index (χ4n) is 3.40. The molecule has 4 amide bonds. The molecule has 2 heterocycles. The summed E-state index contributed by atoms with van der Waals surface area (Å²) in [5, 5.41) is 2.61. The summed E-state index contributed by atoms with van der Waals surface area (Å²) in [6.45, 7) is 3.74. The van der Waals surface area contributed by atoms with Crippen LogP contribution in [0.25, 0.3) is 6.08 Å². The Bertz CT molecular complexity index is 1060. The number of aryl methyl sites for hydroxylation is 1. The predicted octanol–water partition coefficient (Wildman–Crippen LogP) is 3.64. The minimum atomic E-state index is -0.798. The van der Waals surface area contributed by atoms with Crippen molar-refractivity contribution in [1.29, 1.82) is 0 Å². The summed E-state index contributed by atoms with van der Waals surface area (Å²) in [4.78, 5) is 38.6. The highest BCUT2D eigenvalue weighted by molar-refractivity contribution is 6.39. The number of nitrogens with zero attached hydrogens (tertiary/aromatic N) is 1. The minimum absolute atomic E-state index is 0.0939. The maximum absolute atomic E-state index is 13.0. The quantitative estimate of drug-likeness (QED) is 0.621. The standard InChI is InChI=1S/C21H17ClN2O4/c1-11-3-5-15(22)10-17(11)24-20(26)16(19(25)23-21(24)27)9-13-4-6-18-14(8-13)7-12(2)28-18/h3-6,8-10,12H,7H2,1-2H3,(H,23,25,27)/b16-9+/t12-/m0/s1. The number of urea groups is 1. The topological polar surface area (TPSA) is 75.7 Å². The van der Waals surface area contributed by atoms with Gasteiger partial charge in [0.2, 0.25) is 0 Å². The first kappa shape index (κ1) is 18.3. The Morgan fingerprint density at radius 2 is 1.96 bits per heavy atom. The molecular weight excluding hydrogens is 380 g/mol. The molecule has 0 aliphatic carbocycles. The molecule has 0 radical (unpaired) electrons. The number of nitrogens with one attached hydrogen (secondary N) is 1. The highest BCUT2D eigenvalue weighted by Gasteiger charge is 2.37. The van der Waals surface area contributed by atoms with E-state index in [1.807, 2.05) is 19.1 Å². The number of carbonyl (C=O) groups is 3. The lowest BCUT2D eigenvalue weighted by atomic mass is 10.0. The molecule has 0 unspecified atom stereocenters. The molecule has 4 rings (SSSR count). The molecular formula is C21H17ClN2O4. The molecule has 1 atom stereocenters. The molecule has 142 valence electrons. The van der Waals surface area contributed by atoms with Crippen LogP contribution in [0.3, 0.4) is 0 Å². The van der Waals surface area contributed by atoms with Crippen molar-refractivity contribution >= 4 is 41.2 Å². The lowest BCUT2D eigenvalue weighted by Gasteiger charge is -2.27. The van der Waals surface area contributed by atoms with Crippen LogP contribution in [0.4, 0.5) is 10.5 Å². The number of fused-ring (bicyclic) bond motifs is 1. The van der Waals surface area contributed by atoms with Gasteiger partial charge in [-0.2, -0.15) is 0 Å². The molecule has 1 fully saturated rings. The van der Waals surface area contributed by atoms with Crippen LogP contribution < -0.4 is 15.0 Å². The summed E-state index contributed by atoms with van der Waals surface area (Å²) in [6.07, 6.45) is 2.34. The molecule has 7 heteroatoms. The number of amides is 4. The third kappa shape index (κ3) is 3.16. The molecule has 1 N–H and O–H groups in total. The molecule has 6 nitrogen and oxygen atoms in total. The van der Waals surface area contributed by atoms with Gasteiger partial charge < -0.3 is 4.74 Å². The molecule has 2 aliphatic rings. The number of benzene rings is 2. The van der Waals surface area contributed by atoms with E-state index in [9.17, 15) is 14.4 Å². The lowest BCUT2D eigenvalue weighted by molar-refractivity contribution is -0.122. The van der Waals surface area contributed by atoms with Gasteiger partial charge in [-0.3, -0.25) is 14.9 Å². The van der Waals surface area contributed by atoms with E-state index in [-0.39, 0.29) is 11.7 Å². The Morgan fingerprint density at radius 1 is 1.18 bits per heavy atom. The van der Waals surface area contributed by atoms with Gasteiger partial charge in [-0.05, 0) is 60.9 Å². The molecule has 0 saturated carbocycles. The minimum Gasteiger partial charge on any atom is -0.490 e. The highest BCUT2D eigenvalue weighted by atomic mass is 35.5. The zero-order valence-corrected chi connectivity index (χ0v) is 16.0. The van der Waals surface area contributed by atoms with Crippen LogP contribution in [-0.4, -0.2) is 23.9 Å². The number of hydrogen-bond donors (Lipinski definition) is 1. The number of hydrogen-bond acceptors (Lipinski definition) is 4. The van der Waals surface area contributed by atoms with Gasteiger partial charge >= 0.3 is 6.03 Å². The number of barbiturate groups is 1. The fraction of sp³-hybridized carbons (Fsp3) is 0.190. The zero-order valence-electron chi connectivity index (χ0n) is 15.3. The smallest absolute Gasteiger partial charge is 0.335 e. The first-order valence-corrected chi connectivity index (χ1v) is 9.18. The second-order valence-electron chi connectivity index (χ2n) is 6.89. The third-order valence-corrected chi connectivity index (χ3v) is 4.98. The van der Waals surface area contributed by atoms with E-state index >= 15 is 0 Å². The Labute approximate surface area is 166 Å². The first-order chi connectivity index (χ1) is 13.3. The van der Waals surface area contributed by atoms with Crippen LogP contribution >= 0.6 is 11.6 Å². The summed E-state index contributed by atoms with van der Waals surface area (Å²) in [7, 11) is 0. The van der Waals surface area contributed by atoms with E-state index in [0.29, 0.717) is 21.8 Å². The SMILES string of the molecule is Cc1ccc(Cl)cc1N1C(=O)NC(=O)/C(=C\c2ccc3c(c2)C[C@H](C)O3)C1=O. The summed E-state index contributed by atoms with van der Waals surface area (Å²) in [5.41, 5.74) is 2.61. The highest BCUT2D eigenvalue weighted by Crippen LogP contribution is 2.31. The molecule has 2 aromatic carbocycles.